The number of rotatable bonds is 27. The van der Waals surface area contributed by atoms with E-state index in [-0.39, 0.29) is 25.2 Å². The van der Waals surface area contributed by atoms with Crippen LogP contribution in [0.15, 0.2) is 12.2 Å². The zero-order valence-electron chi connectivity index (χ0n) is 23.8. The Kier molecular flexibility index (Phi) is 27.1. The number of aliphatic hydroxyl groups excluding tert-OH is 1. The van der Waals surface area contributed by atoms with E-state index in [9.17, 15) is 14.7 Å². The van der Waals surface area contributed by atoms with Gasteiger partial charge in [0.2, 0.25) is 0 Å². The maximum absolute atomic E-state index is 11.9. The first-order valence-electron chi connectivity index (χ1n) is 15.2. The summed E-state index contributed by atoms with van der Waals surface area (Å²) in [7, 11) is 0. The fraction of sp³-hybridized carbons (Fsp3) is 0.871. The van der Waals surface area contributed by atoms with Crippen LogP contribution in [-0.4, -0.2) is 36.4 Å². The van der Waals surface area contributed by atoms with Gasteiger partial charge in [-0.3, -0.25) is 9.59 Å². The van der Waals surface area contributed by atoms with Crippen molar-refractivity contribution >= 4 is 11.9 Å². The molecule has 0 rings (SSSR count). The third kappa shape index (κ3) is 25.7. The summed E-state index contributed by atoms with van der Waals surface area (Å²) >= 11 is 0. The van der Waals surface area contributed by atoms with Crippen molar-refractivity contribution in [3.63, 3.8) is 0 Å². The summed E-state index contributed by atoms with van der Waals surface area (Å²) in [4.78, 5) is 23.9. The number of hydrogen-bond donors (Lipinski definition) is 1. The van der Waals surface area contributed by atoms with Crippen molar-refractivity contribution in [1.82, 2.24) is 0 Å². The van der Waals surface area contributed by atoms with E-state index in [4.69, 9.17) is 9.47 Å². The largest absolute Gasteiger partial charge is 0.462 e. The van der Waals surface area contributed by atoms with Crippen LogP contribution in [0.25, 0.3) is 0 Å². The van der Waals surface area contributed by atoms with Gasteiger partial charge in [-0.2, -0.15) is 0 Å². The Morgan fingerprint density at radius 2 is 1.03 bits per heavy atom. The second kappa shape index (κ2) is 28.2. The highest BCUT2D eigenvalue weighted by molar-refractivity contribution is 5.70. The van der Waals surface area contributed by atoms with E-state index in [2.05, 4.69) is 26.0 Å². The van der Waals surface area contributed by atoms with E-state index in [1.54, 1.807) is 0 Å². The highest BCUT2D eigenvalue weighted by atomic mass is 16.6. The van der Waals surface area contributed by atoms with Gasteiger partial charge in [-0.15, -0.1) is 0 Å². The summed E-state index contributed by atoms with van der Waals surface area (Å²) in [5.74, 6) is -0.606. The Hall–Kier alpha value is -1.36. The second-order valence-corrected chi connectivity index (χ2v) is 10.2. The van der Waals surface area contributed by atoms with Crippen LogP contribution in [-0.2, 0) is 19.1 Å². The molecule has 0 saturated carbocycles. The van der Waals surface area contributed by atoms with Crippen LogP contribution in [0.3, 0.4) is 0 Å². The Morgan fingerprint density at radius 3 is 1.50 bits per heavy atom. The van der Waals surface area contributed by atoms with Crippen molar-refractivity contribution in [3.8, 4) is 0 Å². The molecular formula is C31H58O5. The van der Waals surface area contributed by atoms with Gasteiger partial charge < -0.3 is 14.6 Å². The van der Waals surface area contributed by atoms with Crippen LogP contribution in [0.2, 0.25) is 0 Å². The fourth-order valence-electron chi connectivity index (χ4n) is 4.19. The zero-order chi connectivity index (χ0) is 26.5. The summed E-state index contributed by atoms with van der Waals surface area (Å²) in [5, 5.41) is 9.42. The molecule has 0 aliphatic heterocycles. The maximum Gasteiger partial charge on any atom is 0.306 e. The molecule has 1 atom stereocenters. The summed E-state index contributed by atoms with van der Waals surface area (Å²) in [5.41, 5.74) is 0. The first-order chi connectivity index (χ1) is 17.6. The van der Waals surface area contributed by atoms with Gasteiger partial charge in [0.15, 0.2) is 6.10 Å². The quantitative estimate of drug-likeness (QED) is 0.0680. The Balaban J connectivity index is 3.57. The predicted molar refractivity (Wildman–Crippen MR) is 150 cm³/mol. The molecule has 0 heterocycles. The molecule has 0 radical (unpaired) electrons. The first-order valence-corrected chi connectivity index (χ1v) is 15.2. The fourth-order valence-corrected chi connectivity index (χ4v) is 4.19. The molecule has 212 valence electrons. The topological polar surface area (TPSA) is 72.8 Å². The minimum Gasteiger partial charge on any atom is -0.462 e. The molecule has 0 aromatic rings. The van der Waals surface area contributed by atoms with Crippen LogP contribution in [0.1, 0.15) is 155 Å². The first kappa shape index (κ1) is 34.6. The minimum atomic E-state index is -0.764. The van der Waals surface area contributed by atoms with Gasteiger partial charge in [0.25, 0.3) is 0 Å². The van der Waals surface area contributed by atoms with Gasteiger partial charge in [0, 0.05) is 12.8 Å². The second-order valence-electron chi connectivity index (χ2n) is 10.2. The Bertz CT molecular complexity index is 517. The van der Waals surface area contributed by atoms with Gasteiger partial charge in [0.1, 0.15) is 6.61 Å². The lowest BCUT2D eigenvalue weighted by molar-refractivity contribution is -0.161. The monoisotopic (exact) mass is 510 g/mol. The molecule has 0 aromatic carbocycles. The minimum absolute atomic E-state index is 0.0663. The van der Waals surface area contributed by atoms with Crippen molar-refractivity contribution in [2.45, 2.75) is 161 Å². The molecule has 0 aliphatic rings. The van der Waals surface area contributed by atoms with E-state index in [0.717, 1.165) is 44.9 Å². The Morgan fingerprint density at radius 1 is 0.611 bits per heavy atom. The van der Waals surface area contributed by atoms with Crippen LogP contribution in [0.5, 0.6) is 0 Å². The summed E-state index contributed by atoms with van der Waals surface area (Å²) in [6, 6.07) is 0. The Labute approximate surface area is 222 Å². The number of carbonyl (C=O) groups excluding carboxylic acids is 2. The molecule has 1 unspecified atom stereocenters. The van der Waals surface area contributed by atoms with Crippen LogP contribution in [0, 0.1) is 0 Å². The summed E-state index contributed by atoms with van der Waals surface area (Å²) in [6.45, 7) is 4.06. The SMILES string of the molecule is CCCCCCCCC=CCCCCCCCC(=O)OCC(CO)OC(=O)CCCCCCCCC. The standard InChI is InChI=1S/C31H58O5/c1-3-5-7-9-11-12-13-14-15-16-17-18-20-21-23-25-30(33)35-28-29(27-32)36-31(34)26-24-22-19-10-8-6-4-2/h14-15,29,32H,3-13,16-28H2,1-2H3. The highest BCUT2D eigenvalue weighted by Gasteiger charge is 2.16. The maximum atomic E-state index is 11.9. The number of unbranched alkanes of at least 4 members (excludes halogenated alkanes) is 17. The van der Waals surface area contributed by atoms with Crippen LogP contribution in [0.4, 0.5) is 0 Å². The van der Waals surface area contributed by atoms with E-state index in [0.29, 0.717) is 12.8 Å². The lowest BCUT2D eigenvalue weighted by Crippen LogP contribution is -2.28. The summed E-state index contributed by atoms with van der Waals surface area (Å²) < 4.78 is 10.5. The van der Waals surface area contributed by atoms with Crippen molar-refractivity contribution < 1.29 is 24.2 Å². The molecule has 0 spiro atoms. The highest BCUT2D eigenvalue weighted by Crippen LogP contribution is 2.11. The molecule has 0 bridgehead atoms. The molecule has 36 heavy (non-hydrogen) atoms. The molecule has 1 N–H and O–H groups in total. The number of aliphatic hydroxyl groups is 1. The molecule has 0 fully saturated rings. The third-order valence-corrected chi connectivity index (χ3v) is 6.56. The lowest BCUT2D eigenvalue weighted by atomic mass is 10.1. The van der Waals surface area contributed by atoms with E-state index < -0.39 is 6.10 Å². The summed E-state index contributed by atoms with van der Waals surface area (Å²) in [6.07, 6.45) is 28.4. The van der Waals surface area contributed by atoms with Crippen molar-refractivity contribution in [2.75, 3.05) is 13.2 Å². The molecule has 5 heteroatoms. The molecule has 0 saturated heterocycles. The average Bonchev–Trinajstić information content (AvgIpc) is 2.88. The van der Waals surface area contributed by atoms with Crippen LogP contribution < -0.4 is 0 Å². The van der Waals surface area contributed by atoms with Gasteiger partial charge in [-0.05, 0) is 38.5 Å². The smallest absolute Gasteiger partial charge is 0.306 e. The number of hydrogen-bond acceptors (Lipinski definition) is 5. The van der Waals surface area contributed by atoms with Gasteiger partial charge in [0.05, 0.1) is 6.61 Å². The number of carbonyl (C=O) groups is 2. The normalized spacial score (nSPS) is 12.2. The third-order valence-electron chi connectivity index (χ3n) is 6.56. The number of esters is 2. The predicted octanol–water partition coefficient (Wildman–Crippen LogP) is 8.61. The van der Waals surface area contributed by atoms with E-state index in [1.165, 1.54) is 83.5 Å². The zero-order valence-corrected chi connectivity index (χ0v) is 23.8. The molecule has 0 aliphatic carbocycles. The van der Waals surface area contributed by atoms with E-state index in [1.807, 2.05) is 0 Å². The molecule has 5 nitrogen and oxygen atoms in total. The number of ether oxygens (including phenoxy) is 2. The molecular weight excluding hydrogens is 452 g/mol. The van der Waals surface area contributed by atoms with Gasteiger partial charge >= 0.3 is 11.9 Å². The van der Waals surface area contributed by atoms with Crippen LogP contribution >= 0.6 is 0 Å². The van der Waals surface area contributed by atoms with Gasteiger partial charge in [-0.25, -0.2) is 0 Å². The molecule has 0 amide bonds. The van der Waals surface area contributed by atoms with Crippen molar-refractivity contribution in [1.29, 1.82) is 0 Å². The molecule has 0 aromatic heterocycles. The van der Waals surface area contributed by atoms with E-state index >= 15 is 0 Å². The lowest BCUT2D eigenvalue weighted by Gasteiger charge is -2.15. The van der Waals surface area contributed by atoms with Gasteiger partial charge in [-0.1, -0.05) is 116 Å². The van der Waals surface area contributed by atoms with Crippen molar-refractivity contribution in [2.24, 2.45) is 0 Å². The van der Waals surface area contributed by atoms with Crippen molar-refractivity contribution in [3.05, 3.63) is 12.2 Å². The average molecular weight is 511 g/mol. The number of allylic oxidation sites excluding steroid dienone is 2.